The number of nitrogen functional groups attached to an aromatic ring is 1. The Bertz CT molecular complexity index is 5840. The van der Waals surface area contributed by atoms with Crippen LogP contribution in [0.25, 0.3) is 51.5 Å². The second kappa shape index (κ2) is 51.9. The second-order valence-corrected chi connectivity index (χ2v) is 42.1. The van der Waals surface area contributed by atoms with Crippen LogP contribution in [-0.4, -0.2) is 144 Å². The quantitative estimate of drug-likeness (QED) is 0.0264. The van der Waals surface area contributed by atoms with E-state index in [0.717, 1.165) is 41.3 Å². The van der Waals surface area contributed by atoms with Gasteiger partial charge in [-0.05, 0) is 195 Å². The molecule has 0 saturated carbocycles. The molecule has 0 unspecified atom stereocenters. The summed E-state index contributed by atoms with van der Waals surface area (Å²) in [5.41, 5.74) is 22.2. The van der Waals surface area contributed by atoms with Gasteiger partial charge in [0.15, 0.2) is 0 Å². The molecular weight excluding hydrogens is 2010 g/mol. The number of carbonyl (C=O) groups excluding carboxylic acids is 6. The van der Waals surface area contributed by atoms with Crippen LogP contribution in [-0.2, 0) is 23.8 Å². The average molecular weight is 2120 g/mol. The van der Waals surface area contributed by atoms with E-state index in [1.54, 1.807) is 126 Å². The lowest BCUT2D eigenvalue weighted by Crippen LogP contribution is -2.46. The number of carbonyl (C=O) groups is 7. The summed E-state index contributed by atoms with van der Waals surface area (Å²) in [6.45, 7) is 38.6. The van der Waals surface area contributed by atoms with Gasteiger partial charge in [-0.15, -0.1) is 69.1 Å². The van der Waals surface area contributed by atoms with Gasteiger partial charge in [-0.25, -0.2) is 47.3 Å². The van der Waals surface area contributed by atoms with Gasteiger partial charge in [0.25, 0.3) is 28.5 Å². The fourth-order valence-electron chi connectivity index (χ4n) is 10.3. The number of rotatable bonds is 19. The fraction of sp³-hybridized carbons (Fsp3) is 0.422. The minimum Gasteiger partial charge on any atom is -0.480 e. The molecule has 0 aliphatic heterocycles. The molecule has 0 saturated heterocycles. The lowest BCUT2D eigenvalue weighted by Gasteiger charge is -2.25. The van der Waals surface area contributed by atoms with Crippen molar-refractivity contribution in [3.05, 3.63) is 173 Å². The van der Waals surface area contributed by atoms with E-state index in [0.29, 0.717) is 90.1 Å². The molecular formula is C83H109BBr3ClF3N17O17S5. The molecule has 11 rings (SSSR count). The summed E-state index contributed by atoms with van der Waals surface area (Å²) in [6, 6.07) is 10.6. The van der Waals surface area contributed by atoms with E-state index in [-0.39, 0.29) is 88.6 Å². The van der Waals surface area contributed by atoms with Crippen LogP contribution in [0.1, 0.15) is 200 Å². The van der Waals surface area contributed by atoms with Crippen LogP contribution < -0.4 is 66.3 Å². The summed E-state index contributed by atoms with van der Waals surface area (Å²) >= 11 is 15.9. The molecule has 47 heteroatoms. The minimum absolute atomic E-state index is 0. The van der Waals surface area contributed by atoms with Crippen molar-refractivity contribution in [2.45, 2.75) is 186 Å². The molecule has 0 aliphatic carbocycles. The van der Waals surface area contributed by atoms with E-state index in [9.17, 15) is 61.1 Å². The van der Waals surface area contributed by atoms with Gasteiger partial charge in [-0.2, -0.15) is 0 Å². The maximum absolute atomic E-state index is 14.1. The Morgan fingerprint density at radius 1 is 0.515 bits per heavy atom. The number of aliphatic carboxylic acids is 1. The maximum atomic E-state index is 14.1. The zero-order valence-corrected chi connectivity index (χ0v) is 84.6. The molecule has 0 aromatic carbocycles. The number of ether oxygens (including phenoxy) is 3. The Hall–Kier alpha value is -9.72. The van der Waals surface area contributed by atoms with Crippen molar-refractivity contribution in [3.8, 4) is 20.9 Å². The molecule has 710 valence electrons. The minimum atomic E-state index is -1.76. The number of thiophene rings is 5. The molecule has 5 atom stereocenters. The van der Waals surface area contributed by atoms with Crippen LogP contribution in [0.2, 0.25) is 0 Å². The summed E-state index contributed by atoms with van der Waals surface area (Å²) in [5.74, 6) is -2.52. The number of primary amides is 2. The van der Waals surface area contributed by atoms with Crippen molar-refractivity contribution in [1.82, 2.24) is 60.8 Å². The number of hydrogen-bond donors (Lipinski definition) is 15. The highest BCUT2D eigenvalue weighted by molar-refractivity contribution is 9.11. The number of alkyl carbamates (subject to hydrolysis) is 3. The Kier molecular flexibility index (Phi) is 45.7. The molecule has 11 heterocycles. The van der Waals surface area contributed by atoms with E-state index in [4.69, 9.17) is 57.4 Å². The van der Waals surface area contributed by atoms with Gasteiger partial charge in [-0.1, -0.05) is 76.2 Å². The number of halogens is 7. The zero-order valence-electron chi connectivity index (χ0n) is 74.9. The lowest BCUT2D eigenvalue weighted by molar-refractivity contribution is -0.140. The molecule has 11 aromatic rings. The third-order valence-electron chi connectivity index (χ3n) is 16.8. The number of amides is 6. The number of H-pyrrole nitrogens is 3. The SMILES string of the molecule is CC(C)[C@@H](C)C(=O)Nc1cc(Br)sc1C(N)=O.CC(C)[C@@H](N)c1nc2cc(-c3ccncc3F)sc2c(=O)[nH]1.CC(C)[C@@H](NC(=O)OC(C)(C)C)C(=O)O.CC(C)[C@@H](NC(=O)OC(C)(C)C)c1nc2cc(-c3ccncc3F)sc2c(=O)[nH]1.CC(C)[C@@H](NC(=O)OC(C)(C)C)c1nc2cc(Br)sc2c(=O)[nH]1.CCO.Cl.NC(=O)c1sc(Br)cc1N.OB(O)c1ccncc1F. The number of carboxylic acids is 1. The van der Waals surface area contributed by atoms with Crippen molar-refractivity contribution in [3.63, 3.8) is 0 Å². The molecule has 6 amide bonds. The standard InChI is InChI=1S/C20H23FN4O3S.C15H20BrN3O3S.C15H15FN4OS.C11H15BrN2O2S.C10H19NO4.C5H5BFNO2.C5H5BrN2OS.C2H6O.ClH/c1-10(2)15(24-19(27)28-20(3,4)5)17-23-13-8-14(29-16(13)18(26)25-17)11-6-7-22-9-12(11)21;1-7(2)10(18-14(21)22-15(3,4)5)12-17-8-6-9(16)23-11(8)13(20)19-12;1-7(2)12(17)14-19-10-5-11(22-13(10)15(21)20-14)8-3-4-18-6-9(8)16;1-5(2)6(3)11(16)14-7-4-8(12)17-9(7)10(13)15;1-6(2)7(8(12)13)11-9(14)15-10(3,4)5;7-5-3-8-2-1-4(5)6(9)10;6-3-1-2(7)4(10-3)5(8)9;1-2-3;/h6-10,15H,1-5H3,(H,24,27)(H,23,25,26);6-7,10H,1-5H3,(H,18,21)(H,17,19,20);3-7,12H,17H2,1-2H3,(H,19,20,21);4-6H,1-3H3,(H2,13,15)(H,14,16);6-7H,1-5H3,(H,11,14)(H,12,13);1-3,9-10H;1H,7H2,(H2,8,9);3H,2H2,1H3;1H/t15-;10-;12-;6-;7-;;;;/m11111..../s1. The predicted octanol–water partition coefficient (Wildman–Crippen LogP) is 16.2. The van der Waals surface area contributed by atoms with Gasteiger partial charge in [-0.3, -0.25) is 43.7 Å². The molecule has 0 bridgehead atoms. The highest BCUT2D eigenvalue weighted by atomic mass is 79.9. The van der Waals surface area contributed by atoms with Gasteiger partial charge < -0.3 is 93.6 Å². The molecule has 19 N–H and O–H groups in total. The third-order valence-corrected chi connectivity index (χ3v) is 24.0. The van der Waals surface area contributed by atoms with Crippen LogP contribution in [0.4, 0.5) is 38.9 Å². The summed E-state index contributed by atoms with van der Waals surface area (Å²) in [5, 5.41) is 44.0. The zero-order chi connectivity index (χ0) is 97.9. The summed E-state index contributed by atoms with van der Waals surface area (Å²) in [7, 11) is -1.76. The Morgan fingerprint density at radius 2 is 0.877 bits per heavy atom. The highest BCUT2D eigenvalue weighted by Gasteiger charge is 2.31. The molecule has 0 spiro atoms. The first-order chi connectivity index (χ1) is 59.8. The lowest BCUT2D eigenvalue weighted by atomic mass is 9.81. The third kappa shape index (κ3) is 36.8. The van der Waals surface area contributed by atoms with Gasteiger partial charge >= 0.3 is 31.4 Å². The predicted molar refractivity (Wildman–Crippen MR) is 518 cm³/mol. The monoisotopic (exact) mass is 2120 g/mol. The topological polar surface area (TPSA) is 556 Å². The molecule has 11 aromatic heterocycles. The van der Waals surface area contributed by atoms with Crippen LogP contribution in [0, 0.1) is 53.0 Å². The number of fused-ring (bicyclic) bond motifs is 3. The number of carboxylic acid groups (broad SMARTS) is 1. The van der Waals surface area contributed by atoms with Crippen molar-refractivity contribution < 1.29 is 81.2 Å². The summed E-state index contributed by atoms with van der Waals surface area (Å²) in [4.78, 5) is 152. The first kappa shape index (κ1) is 114. The smallest absolute Gasteiger partial charge is 0.480 e. The molecule has 0 fully saturated rings. The molecule has 130 heavy (non-hydrogen) atoms. The average Bonchev–Trinajstić information content (AvgIpc) is 1.64. The van der Waals surface area contributed by atoms with E-state index in [2.05, 4.69) is 114 Å². The number of aliphatic hydroxyl groups is 1. The first-order valence-corrected chi connectivity index (χ1v) is 46.0. The van der Waals surface area contributed by atoms with E-state index in [1.165, 1.54) is 70.0 Å². The summed E-state index contributed by atoms with van der Waals surface area (Å²) < 4.78 is 59.8. The van der Waals surface area contributed by atoms with Crippen LogP contribution in [0.3, 0.4) is 0 Å². The largest absolute Gasteiger partial charge is 0.491 e. The normalized spacial score (nSPS) is 12.2. The van der Waals surface area contributed by atoms with E-state index >= 15 is 0 Å². The van der Waals surface area contributed by atoms with Crippen molar-refractivity contribution in [2.24, 2.45) is 52.7 Å². The number of nitrogens with one attached hydrogen (secondary N) is 7. The van der Waals surface area contributed by atoms with Crippen molar-refractivity contribution in [1.29, 1.82) is 0 Å². The first-order valence-electron chi connectivity index (χ1n) is 39.5. The van der Waals surface area contributed by atoms with E-state index < -0.39 is 95.6 Å². The van der Waals surface area contributed by atoms with Gasteiger partial charge in [0.2, 0.25) is 5.91 Å². The Balaban J connectivity index is 0.000000399. The number of hydrogen-bond acceptors (Lipinski definition) is 29. The Morgan fingerprint density at radius 3 is 1.21 bits per heavy atom. The maximum Gasteiger partial charge on any atom is 0.491 e. The highest BCUT2D eigenvalue weighted by Crippen LogP contribution is 2.37. The number of nitrogens with zero attached hydrogens (tertiary/aromatic N) is 6. The van der Waals surface area contributed by atoms with Crippen LogP contribution in [0.15, 0.2) is 111 Å². The number of aliphatic hydroxyl groups excluding tert-OH is 1. The van der Waals surface area contributed by atoms with Gasteiger partial charge in [0, 0.05) is 57.5 Å². The van der Waals surface area contributed by atoms with Crippen molar-refractivity contribution in [2.75, 3.05) is 17.7 Å². The number of aromatic amines is 3. The second-order valence-electron chi connectivity index (χ2n) is 32.7. The number of pyridine rings is 3. The van der Waals surface area contributed by atoms with Gasteiger partial charge in [0.05, 0.1) is 76.0 Å². The summed E-state index contributed by atoms with van der Waals surface area (Å²) in [6.07, 6.45) is 5.66. The molecule has 0 radical (unpaired) electrons. The van der Waals surface area contributed by atoms with Crippen LogP contribution in [0.5, 0.6) is 0 Å². The van der Waals surface area contributed by atoms with Crippen molar-refractivity contribution >= 4 is 213 Å². The van der Waals surface area contributed by atoms with E-state index in [1.807, 2.05) is 62.3 Å². The number of aromatic nitrogens is 9. The number of anilines is 2. The van der Waals surface area contributed by atoms with Gasteiger partial charge in [0.1, 0.15) is 81.6 Å². The van der Waals surface area contributed by atoms with Crippen LogP contribution >= 0.6 is 117 Å². The molecule has 34 nitrogen and oxygen atoms in total. The Labute approximate surface area is 799 Å². The number of nitrogens with two attached hydrogens (primary N) is 4. The fourth-order valence-corrected chi connectivity index (χ4v) is 16.6. The molecule has 0 aliphatic rings.